The van der Waals surface area contributed by atoms with E-state index in [2.05, 4.69) is 44.8 Å². The van der Waals surface area contributed by atoms with Crippen LogP contribution in [0.25, 0.3) is 0 Å². The van der Waals surface area contributed by atoms with Crippen molar-refractivity contribution in [2.45, 2.75) is 85.2 Å². The minimum atomic E-state index is 0.730. The molecule has 1 fully saturated rings. The SMILES string of the molecule is CCNC1CCCCC1N(CCC(C)C)CCC(C)C. The van der Waals surface area contributed by atoms with Crippen LogP contribution < -0.4 is 5.32 Å². The summed E-state index contributed by atoms with van der Waals surface area (Å²) in [5, 5.41) is 3.75. The van der Waals surface area contributed by atoms with E-state index in [1.165, 1.54) is 51.6 Å². The molecule has 0 aromatic heterocycles. The summed E-state index contributed by atoms with van der Waals surface area (Å²) in [6.07, 6.45) is 8.29. The van der Waals surface area contributed by atoms with Gasteiger partial charge in [-0.1, -0.05) is 47.5 Å². The minimum Gasteiger partial charge on any atom is -0.313 e. The van der Waals surface area contributed by atoms with Gasteiger partial charge >= 0.3 is 0 Å². The van der Waals surface area contributed by atoms with Crippen LogP contribution >= 0.6 is 0 Å². The Kier molecular flexibility index (Phi) is 8.79. The largest absolute Gasteiger partial charge is 0.313 e. The van der Waals surface area contributed by atoms with E-state index in [4.69, 9.17) is 0 Å². The van der Waals surface area contributed by atoms with E-state index in [1.807, 2.05) is 0 Å². The first kappa shape index (κ1) is 18.0. The van der Waals surface area contributed by atoms with Crippen molar-refractivity contribution in [2.24, 2.45) is 11.8 Å². The summed E-state index contributed by atoms with van der Waals surface area (Å²) in [7, 11) is 0. The molecule has 2 unspecified atom stereocenters. The summed E-state index contributed by atoms with van der Waals surface area (Å²) in [6.45, 7) is 15.3. The van der Waals surface area contributed by atoms with Crippen molar-refractivity contribution in [1.29, 1.82) is 0 Å². The fraction of sp³-hybridized carbons (Fsp3) is 1.00. The molecule has 2 atom stereocenters. The second-order valence-corrected chi connectivity index (χ2v) is 7.42. The fourth-order valence-corrected chi connectivity index (χ4v) is 3.34. The lowest BCUT2D eigenvalue weighted by molar-refractivity contribution is 0.111. The Morgan fingerprint density at radius 3 is 2.00 bits per heavy atom. The van der Waals surface area contributed by atoms with Crippen LogP contribution in [0.5, 0.6) is 0 Å². The maximum atomic E-state index is 3.75. The zero-order valence-corrected chi connectivity index (χ0v) is 14.6. The van der Waals surface area contributed by atoms with Crippen molar-refractivity contribution in [3.63, 3.8) is 0 Å². The highest BCUT2D eigenvalue weighted by Crippen LogP contribution is 2.24. The van der Waals surface area contributed by atoms with Crippen molar-refractivity contribution in [2.75, 3.05) is 19.6 Å². The lowest BCUT2D eigenvalue weighted by Crippen LogP contribution is -2.52. The molecule has 0 spiro atoms. The van der Waals surface area contributed by atoms with E-state index in [9.17, 15) is 0 Å². The van der Waals surface area contributed by atoms with Crippen molar-refractivity contribution in [3.05, 3.63) is 0 Å². The first-order valence-electron chi connectivity index (χ1n) is 9.02. The van der Waals surface area contributed by atoms with Gasteiger partial charge in [0.2, 0.25) is 0 Å². The summed E-state index contributed by atoms with van der Waals surface area (Å²) < 4.78 is 0. The van der Waals surface area contributed by atoms with Gasteiger partial charge in [-0.2, -0.15) is 0 Å². The Morgan fingerprint density at radius 2 is 1.50 bits per heavy atom. The summed E-state index contributed by atoms with van der Waals surface area (Å²) >= 11 is 0. The third-order valence-corrected chi connectivity index (χ3v) is 4.65. The highest BCUT2D eigenvalue weighted by atomic mass is 15.2. The molecule has 0 aliphatic heterocycles. The van der Waals surface area contributed by atoms with Crippen molar-refractivity contribution < 1.29 is 0 Å². The first-order chi connectivity index (χ1) is 9.54. The van der Waals surface area contributed by atoms with Crippen LogP contribution in [-0.4, -0.2) is 36.6 Å². The predicted molar refractivity (Wildman–Crippen MR) is 90.2 cm³/mol. The average molecular weight is 283 g/mol. The number of nitrogens with one attached hydrogen (secondary N) is 1. The maximum Gasteiger partial charge on any atom is 0.0249 e. The zero-order chi connectivity index (χ0) is 15.0. The zero-order valence-electron chi connectivity index (χ0n) is 14.6. The smallest absolute Gasteiger partial charge is 0.0249 e. The third-order valence-electron chi connectivity index (χ3n) is 4.65. The van der Waals surface area contributed by atoms with Gasteiger partial charge in [0.15, 0.2) is 0 Å². The van der Waals surface area contributed by atoms with E-state index in [0.717, 1.165) is 30.5 Å². The first-order valence-corrected chi connectivity index (χ1v) is 9.02. The number of likely N-dealkylation sites (N-methyl/N-ethyl adjacent to an activating group) is 1. The quantitative estimate of drug-likeness (QED) is 0.678. The van der Waals surface area contributed by atoms with E-state index < -0.39 is 0 Å². The molecule has 20 heavy (non-hydrogen) atoms. The monoisotopic (exact) mass is 282 g/mol. The lowest BCUT2D eigenvalue weighted by Gasteiger charge is -2.41. The van der Waals surface area contributed by atoms with Crippen LogP contribution in [0.1, 0.15) is 73.1 Å². The molecule has 0 radical (unpaired) electrons. The van der Waals surface area contributed by atoms with Gasteiger partial charge in [0, 0.05) is 12.1 Å². The molecule has 2 heteroatoms. The molecular formula is C18H38N2. The molecule has 1 N–H and O–H groups in total. The van der Waals surface area contributed by atoms with Crippen molar-refractivity contribution in [1.82, 2.24) is 10.2 Å². The van der Waals surface area contributed by atoms with Gasteiger partial charge in [0.1, 0.15) is 0 Å². The van der Waals surface area contributed by atoms with Crippen LogP contribution in [0.2, 0.25) is 0 Å². The Balaban J connectivity index is 2.61. The molecule has 120 valence electrons. The summed E-state index contributed by atoms with van der Waals surface area (Å²) in [4.78, 5) is 2.81. The van der Waals surface area contributed by atoms with Crippen LogP contribution in [0.15, 0.2) is 0 Å². The van der Waals surface area contributed by atoms with Crippen LogP contribution in [-0.2, 0) is 0 Å². The number of nitrogens with zero attached hydrogens (tertiary/aromatic N) is 1. The number of hydrogen-bond acceptors (Lipinski definition) is 2. The second kappa shape index (κ2) is 9.78. The lowest BCUT2D eigenvalue weighted by atomic mass is 9.88. The highest BCUT2D eigenvalue weighted by molar-refractivity contribution is 4.88. The summed E-state index contributed by atoms with van der Waals surface area (Å²) in [6, 6.07) is 1.51. The standard InChI is InChI=1S/C18H38N2/c1-6-19-17-9-7-8-10-18(17)20(13-11-15(2)3)14-12-16(4)5/h15-19H,6-14H2,1-5H3. The summed E-state index contributed by atoms with van der Waals surface area (Å²) in [5.74, 6) is 1.63. The summed E-state index contributed by atoms with van der Waals surface area (Å²) in [5.41, 5.74) is 0. The van der Waals surface area contributed by atoms with Gasteiger partial charge in [0.05, 0.1) is 0 Å². The second-order valence-electron chi connectivity index (χ2n) is 7.42. The maximum absolute atomic E-state index is 3.75. The molecule has 0 amide bonds. The normalized spacial score (nSPS) is 24.0. The van der Waals surface area contributed by atoms with Gasteiger partial charge in [0.25, 0.3) is 0 Å². The van der Waals surface area contributed by atoms with Gasteiger partial charge in [-0.3, -0.25) is 4.90 Å². The van der Waals surface area contributed by atoms with E-state index >= 15 is 0 Å². The van der Waals surface area contributed by atoms with Gasteiger partial charge < -0.3 is 5.32 Å². The number of hydrogen-bond donors (Lipinski definition) is 1. The molecule has 1 rings (SSSR count). The molecule has 0 saturated heterocycles. The molecule has 1 aliphatic rings. The molecule has 1 saturated carbocycles. The van der Waals surface area contributed by atoms with Gasteiger partial charge in [-0.25, -0.2) is 0 Å². The predicted octanol–water partition coefficient (Wildman–Crippen LogP) is 4.30. The Hall–Kier alpha value is -0.0800. The van der Waals surface area contributed by atoms with Gasteiger partial charge in [-0.05, 0) is 57.2 Å². The number of rotatable bonds is 9. The van der Waals surface area contributed by atoms with E-state index in [-0.39, 0.29) is 0 Å². The third kappa shape index (κ3) is 6.58. The van der Waals surface area contributed by atoms with Crippen LogP contribution in [0, 0.1) is 11.8 Å². The minimum absolute atomic E-state index is 0.730. The van der Waals surface area contributed by atoms with Gasteiger partial charge in [-0.15, -0.1) is 0 Å². The van der Waals surface area contributed by atoms with Crippen LogP contribution in [0.3, 0.4) is 0 Å². The molecule has 0 heterocycles. The molecule has 0 aromatic rings. The Labute approximate surface area is 127 Å². The fourth-order valence-electron chi connectivity index (χ4n) is 3.34. The molecular weight excluding hydrogens is 244 g/mol. The molecule has 0 bridgehead atoms. The molecule has 2 nitrogen and oxygen atoms in total. The van der Waals surface area contributed by atoms with E-state index in [0.29, 0.717) is 0 Å². The Morgan fingerprint density at radius 1 is 0.950 bits per heavy atom. The van der Waals surface area contributed by atoms with Crippen molar-refractivity contribution >= 4 is 0 Å². The molecule has 1 aliphatic carbocycles. The van der Waals surface area contributed by atoms with Crippen LogP contribution in [0.4, 0.5) is 0 Å². The van der Waals surface area contributed by atoms with E-state index in [1.54, 1.807) is 0 Å². The Bertz CT molecular complexity index is 224. The van der Waals surface area contributed by atoms with Crippen molar-refractivity contribution in [3.8, 4) is 0 Å². The average Bonchev–Trinajstić information content (AvgIpc) is 2.40. The highest BCUT2D eigenvalue weighted by Gasteiger charge is 2.29. The topological polar surface area (TPSA) is 15.3 Å². The molecule has 0 aromatic carbocycles.